The minimum absolute atomic E-state index is 0.0141. The van der Waals surface area contributed by atoms with Crippen LogP contribution < -0.4 is 21.9 Å². The van der Waals surface area contributed by atoms with Crippen LogP contribution in [0.4, 0.5) is 11.4 Å². The van der Waals surface area contributed by atoms with Gasteiger partial charge in [-0.15, -0.1) is 0 Å². The minimum atomic E-state index is -0.865. The van der Waals surface area contributed by atoms with Gasteiger partial charge in [0.2, 0.25) is 12.2 Å². The molecule has 0 bridgehead atoms. The number of pyridine rings is 1. The molecule has 10 nitrogen and oxygen atoms in total. The van der Waals surface area contributed by atoms with Crippen molar-refractivity contribution in [3.63, 3.8) is 0 Å². The standard InChI is InChI=1S/C20H21ClN4O6/c1-2-30-20-15(9-17(27)31-20)23-16(26)10-25-7-3-4-14(19(25)29)24-18(28)11-5-6-13(22)12(21)8-11/h3-8,15,20H,2,9-10,22H2,1H3,(H,23,26)(H,24,28). The van der Waals surface area contributed by atoms with Gasteiger partial charge < -0.3 is 30.4 Å². The molecule has 2 amide bonds. The molecule has 3 rings (SSSR count). The number of nitrogens with two attached hydrogens (primary N) is 1. The van der Waals surface area contributed by atoms with E-state index in [1.54, 1.807) is 6.92 Å². The van der Waals surface area contributed by atoms with Gasteiger partial charge in [0.1, 0.15) is 18.3 Å². The molecule has 1 fully saturated rings. The van der Waals surface area contributed by atoms with E-state index in [0.717, 1.165) is 4.57 Å². The molecule has 1 aromatic heterocycles. The van der Waals surface area contributed by atoms with E-state index in [0.29, 0.717) is 12.3 Å². The highest BCUT2D eigenvalue weighted by atomic mass is 35.5. The van der Waals surface area contributed by atoms with Crippen LogP contribution in [0, 0.1) is 0 Å². The molecule has 2 heterocycles. The Kier molecular flexibility index (Phi) is 6.93. The Morgan fingerprint density at radius 2 is 2.10 bits per heavy atom. The van der Waals surface area contributed by atoms with Crippen molar-refractivity contribution in [1.29, 1.82) is 0 Å². The monoisotopic (exact) mass is 448 g/mol. The van der Waals surface area contributed by atoms with Crippen LogP contribution in [0.1, 0.15) is 23.7 Å². The van der Waals surface area contributed by atoms with Crippen molar-refractivity contribution in [2.45, 2.75) is 32.2 Å². The molecule has 2 unspecified atom stereocenters. The second-order valence-electron chi connectivity index (χ2n) is 6.74. The number of amides is 2. The lowest BCUT2D eigenvalue weighted by atomic mass is 10.2. The van der Waals surface area contributed by atoms with Crippen LogP contribution in [0.25, 0.3) is 0 Å². The van der Waals surface area contributed by atoms with Crippen molar-refractivity contribution in [2.24, 2.45) is 0 Å². The maximum atomic E-state index is 12.7. The van der Waals surface area contributed by atoms with Crippen molar-refractivity contribution < 1.29 is 23.9 Å². The third-order valence-corrected chi connectivity index (χ3v) is 4.81. The zero-order valence-electron chi connectivity index (χ0n) is 16.6. The summed E-state index contributed by atoms with van der Waals surface area (Å²) >= 11 is 5.93. The van der Waals surface area contributed by atoms with E-state index >= 15 is 0 Å². The fourth-order valence-electron chi connectivity index (χ4n) is 3.00. The Bertz CT molecular complexity index is 1070. The average molecular weight is 449 g/mol. The van der Waals surface area contributed by atoms with Gasteiger partial charge in [-0.1, -0.05) is 11.6 Å². The van der Waals surface area contributed by atoms with Gasteiger partial charge in [0.15, 0.2) is 0 Å². The number of nitrogens with one attached hydrogen (secondary N) is 2. The summed E-state index contributed by atoms with van der Waals surface area (Å²) in [7, 11) is 0. The molecule has 0 radical (unpaired) electrons. The molecule has 31 heavy (non-hydrogen) atoms. The summed E-state index contributed by atoms with van der Waals surface area (Å²) in [6, 6.07) is 6.64. The number of halogens is 1. The number of rotatable bonds is 7. The maximum absolute atomic E-state index is 12.7. The molecular formula is C20H21ClN4O6. The quantitative estimate of drug-likeness (QED) is 0.425. The van der Waals surface area contributed by atoms with Gasteiger partial charge in [0.05, 0.1) is 17.1 Å². The van der Waals surface area contributed by atoms with E-state index in [1.807, 2.05) is 0 Å². The van der Waals surface area contributed by atoms with Crippen LogP contribution in [0.3, 0.4) is 0 Å². The molecule has 1 aliphatic heterocycles. The van der Waals surface area contributed by atoms with E-state index in [1.165, 1.54) is 36.5 Å². The van der Waals surface area contributed by atoms with Crippen LogP contribution in [0.2, 0.25) is 5.02 Å². The van der Waals surface area contributed by atoms with Gasteiger partial charge in [-0.2, -0.15) is 0 Å². The second-order valence-corrected chi connectivity index (χ2v) is 7.14. The first-order valence-electron chi connectivity index (χ1n) is 9.44. The SMILES string of the molecule is CCOC1OC(=O)CC1NC(=O)Cn1cccc(NC(=O)c2ccc(N)c(Cl)c2)c1=O. The third-order valence-electron chi connectivity index (χ3n) is 4.48. The smallest absolute Gasteiger partial charge is 0.310 e. The first-order valence-corrected chi connectivity index (χ1v) is 9.82. The Morgan fingerprint density at radius 1 is 1.32 bits per heavy atom. The number of cyclic esters (lactones) is 1. The topological polar surface area (TPSA) is 142 Å². The molecular weight excluding hydrogens is 428 g/mol. The summed E-state index contributed by atoms with van der Waals surface area (Å²) in [6.07, 6.45) is 0.523. The van der Waals surface area contributed by atoms with Crippen molar-refractivity contribution in [2.75, 3.05) is 17.7 Å². The van der Waals surface area contributed by atoms with E-state index < -0.39 is 35.7 Å². The van der Waals surface area contributed by atoms with Gasteiger partial charge in [-0.05, 0) is 37.3 Å². The number of carbonyl (C=O) groups excluding carboxylic acids is 3. The van der Waals surface area contributed by atoms with Crippen LogP contribution >= 0.6 is 11.6 Å². The van der Waals surface area contributed by atoms with Crippen LogP contribution in [0.15, 0.2) is 41.3 Å². The predicted octanol–water partition coefficient (Wildman–Crippen LogP) is 1.13. The summed E-state index contributed by atoms with van der Waals surface area (Å²) in [4.78, 5) is 49.0. The molecule has 1 aromatic carbocycles. The molecule has 1 aliphatic rings. The van der Waals surface area contributed by atoms with Crippen molar-refractivity contribution >= 4 is 40.8 Å². The van der Waals surface area contributed by atoms with E-state index in [2.05, 4.69) is 10.6 Å². The van der Waals surface area contributed by atoms with Gasteiger partial charge in [0.25, 0.3) is 11.5 Å². The fraction of sp³-hybridized carbons (Fsp3) is 0.300. The number of hydrogen-bond donors (Lipinski definition) is 3. The van der Waals surface area contributed by atoms with Crippen molar-refractivity contribution in [1.82, 2.24) is 9.88 Å². The maximum Gasteiger partial charge on any atom is 0.310 e. The summed E-state index contributed by atoms with van der Waals surface area (Å²) < 4.78 is 11.4. The summed E-state index contributed by atoms with van der Waals surface area (Å²) in [5.41, 5.74) is 5.59. The lowest BCUT2D eigenvalue weighted by Gasteiger charge is -2.18. The lowest BCUT2D eigenvalue weighted by Crippen LogP contribution is -2.44. The predicted molar refractivity (Wildman–Crippen MR) is 113 cm³/mol. The summed E-state index contributed by atoms with van der Waals surface area (Å²) in [6.45, 7) is 1.73. The zero-order chi connectivity index (χ0) is 22.5. The Morgan fingerprint density at radius 3 is 2.81 bits per heavy atom. The van der Waals surface area contributed by atoms with E-state index in [-0.39, 0.29) is 29.2 Å². The third kappa shape index (κ3) is 5.41. The van der Waals surface area contributed by atoms with E-state index in [9.17, 15) is 19.2 Å². The summed E-state index contributed by atoms with van der Waals surface area (Å²) in [5.74, 6) is -1.54. The normalized spacial score (nSPS) is 17.8. The molecule has 0 saturated carbocycles. The molecule has 164 valence electrons. The Labute approximate surface area is 182 Å². The molecule has 0 spiro atoms. The number of esters is 1. The van der Waals surface area contributed by atoms with Gasteiger partial charge in [-0.25, -0.2) is 0 Å². The lowest BCUT2D eigenvalue weighted by molar-refractivity contribution is -0.164. The zero-order valence-corrected chi connectivity index (χ0v) is 17.3. The highest BCUT2D eigenvalue weighted by Crippen LogP contribution is 2.20. The second kappa shape index (κ2) is 9.63. The number of benzene rings is 1. The van der Waals surface area contributed by atoms with Gasteiger partial charge >= 0.3 is 5.97 Å². The number of hydrogen-bond acceptors (Lipinski definition) is 7. The highest BCUT2D eigenvalue weighted by Gasteiger charge is 2.36. The first-order chi connectivity index (χ1) is 14.8. The number of anilines is 2. The first kappa shape index (κ1) is 22.3. The van der Waals surface area contributed by atoms with Crippen molar-refractivity contribution in [3.05, 3.63) is 57.5 Å². The number of nitrogens with zero attached hydrogens (tertiary/aromatic N) is 1. The van der Waals surface area contributed by atoms with Gasteiger partial charge in [0, 0.05) is 18.4 Å². The highest BCUT2D eigenvalue weighted by molar-refractivity contribution is 6.33. The molecule has 1 saturated heterocycles. The molecule has 2 atom stereocenters. The largest absolute Gasteiger partial charge is 0.433 e. The summed E-state index contributed by atoms with van der Waals surface area (Å²) in [5, 5.41) is 5.35. The number of nitrogen functional groups attached to an aromatic ring is 1. The van der Waals surface area contributed by atoms with Crippen LogP contribution in [-0.4, -0.2) is 41.3 Å². The molecule has 11 heteroatoms. The van der Waals surface area contributed by atoms with Crippen LogP contribution in [-0.2, 0) is 25.6 Å². The number of aromatic nitrogens is 1. The van der Waals surface area contributed by atoms with Crippen molar-refractivity contribution in [3.8, 4) is 0 Å². The van der Waals surface area contributed by atoms with E-state index in [4.69, 9.17) is 26.8 Å². The minimum Gasteiger partial charge on any atom is -0.433 e. The molecule has 2 aromatic rings. The van der Waals surface area contributed by atoms with Gasteiger partial charge in [-0.3, -0.25) is 19.2 Å². The number of carbonyl (C=O) groups is 3. The molecule has 0 aliphatic carbocycles. The molecule has 4 N–H and O–H groups in total. The fourth-order valence-corrected chi connectivity index (χ4v) is 3.18. The number of ether oxygens (including phenoxy) is 2. The van der Waals surface area contributed by atoms with Crippen LogP contribution in [0.5, 0.6) is 0 Å². The Balaban J connectivity index is 1.68. The average Bonchev–Trinajstić information content (AvgIpc) is 3.06. The Hall–Kier alpha value is -3.37.